The average Bonchev–Trinajstić information content (AvgIpc) is 2.39. The molecule has 1 aromatic rings. The Balaban J connectivity index is 3.40. The number of benzene rings is 1. The Morgan fingerprint density at radius 1 is 1.25 bits per heavy atom. The van der Waals surface area contributed by atoms with E-state index in [1.54, 1.807) is 20.8 Å². The van der Waals surface area contributed by atoms with E-state index >= 15 is 0 Å². The van der Waals surface area contributed by atoms with E-state index < -0.39 is 51.0 Å². The quantitative estimate of drug-likeness (QED) is 0.287. The molecule has 2 atom stereocenters. The monoisotopic (exact) mass is 425 g/mol. The van der Waals surface area contributed by atoms with Crippen LogP contribution in [0.1, 0.15) is 32.4 Å². The molecule has 24 heavy (non-hydrogen) atoms. The molecule has 0 aromatic heterocycles. The van der Waals surface area contributed by atoms with Gasteiger partial charge in [0.05, 0.1) is 11.4 Å². The van der Waals surface area contributed by atoms with Crippen molar-refractivity contribution in [3.63, 3.8) is 0 Å². The Morgan fingerprint density at radius 3 is 2.25 bits per heavy atom. The van der Waals surface area contributed by atoms with Crippen LogP contribution in [-0.2, 0) is 11.4 Å². The molecule has 0 fully saturated rings. The molecule has 1 rings (SSSR count). The smallest absolute Gasteiger partial charge is 0.297 e. The van der Waals surface area contributed by atoms with Gasteiger partial charge in [0.15, 0.2) is 6.04 Å². The van der Waals surface area contributed by atoms with E-state index in [2.05, 4.69) is 15.9 Å². The Bertz CT molecular complexity index is 608. The fraction of sp³-hybridized carbons (Fsp3) is 0.538. The molecule has 0 saturated heterocycles. The van der Waals surface area contributed by atoms with Crippen LogP contribution in [0.25, 0.3) is 0 Å². The van der Waals surface area contributed by atoms with Crippen LogP contribution in [0.5, 0.6) is 0 Å². The summed E-state index contributed by atoms with van der Waals surface area (Å²) >= 11 is 1.18. The maximum Gasteiger partial charge on any atom is 0.297 e. The van der Waals surface area contributed by atoms with Gasteiger partial charge in [-0.25, -0.2) is 4.39 Å². The zero-order valence-electron chi connectivity index (χ0n) is 13.3. The van der Waals surface area contributed by atoms with E-state index in [-0.39, 0.29) is 5.56 Å². The number of nitro groups is 2. The largest absolute Gasteiger partial charge is 0.597 e. The SMILES string of the molecule is CC(C)(C)[S+]([O-])N(C[N+](=O)[O-])[C@H](C[N+](=O)[O-])c1cc(F)cc(Br)c1. The highest BCUT2D eigenvalue weighted by molar-refractivity contribution is 9.10. The second-order valence-corrected chi connectivity index (χ2v) is 9.09. The van der Waals surface area contributed by atoms with Crippen molar-refractivity contribution in [1.29, 1.82) is 0 Å². The highest BCUT2D eigenvalue weighted by Crippen LogP contribution is 2.31. The van der Waals surface area contributed by atoms with Crippen molar-refractivity contribution in [1.82, 2.24) is 4.31 Å². The van der Waals surface area contributed by atoms with Crippen LogP contribution < -0.4 is 0 Å². The van der Waals surface area contributed by atoms with Gasteiger partial charge in [-0.1, -0.05) is 15.9 Å². The van der Waals surface area contributed by atoms with Gasteiger partial charge in [0.2, 0.25) is 6.54 Å². The van der Waals surface area contributed by atoms with Crippen LogP contribution in [0.15, 0.2) is 22.7 Å². The summed E-state index contributed by atoms with van der Waals surface area (Å²) in [6.07, 6.45) is 0. The van der Waals surface area contributed by atoms with Crippen LogP contribution in [0.2, 0.25) is 0 Å². The third-order valence-corrected chi connectivity index (χ3v) is 5.23. The van der Waals surface area contributed by atoms with Crippen molar-refractivity contribution in [2.24, 2.45) is 0 Å². The second kappa shape index (κ2) is 8.19. The molecule has 8 nitrogen and oxygen atoms in total. The van der Waals surface area contributed by atoms with Crippen LogP contribution in [0.3, 0.4) is 0 Å². The van der Waals surface area contributed by atoms with Crippen molar-refractivity contribution >= 4 is 27.3 Å². The van der Waals surface area contributed by atoms with Gasteiger partial charge in [-0.3, -0.25) is 20.2 Å². The minimum atomic E-state index is -1.91. The third kappa shape index (κ3) is 5.96. The summed E-state index contributed by atoms with van der Waals surface area (Å²) < 4.78 is 26.7. The average molecular weight is 426 g/mol. The van der Waals surface area contributed by atoms with Crippen molar-refractivity contribution < 1.29 is 18.8 Å². The molecule has 134 valence electrons. The molecule has 0 aliphatic rings. The predicted molar refractivity (Wildman–Crippen MR) is 90.3 cm³/mol. The van der Waals surface area contributed by atoms with Gasteiger partial charge in [0.1, 0.15) is 10.6 Å². The third-order valence-electron chi connectivity index (χ3n) is 2.93. The van der Waals surface area contributed by atoms with E-state index in [1.165, 1.54) is 6.07 Å². The van der Waals surface area contributed by atoms with Crippen LogP contribution in [-0.4, -0.2) is 36.7 Å². The van der Waals surface area contributed by atoms with E-state index in [0.717, 1.165) is 16.4 Å². The molecule has 1 unspecified atom stereocenters. The summed E-state index contributed by atoms with van der Waals surface area (Å²) in [6.45, 7) is 3.18. The van der Waals surface area contributed by atoms with Crippen LogP contribution in [0.4, 0.5) is 4.39 Å². The number of hydrogen-bond donors (Lipinski definition) is 0. The first kappa shape index (κ1) is 20.7. The van der Waals surface area contributed by atoms with Crippen molar-refractivity contribution in [2.45, 2.75) is 31.6 Å². The summed E-state index contributed by atoms with van der Waals surface area (Å²) in [4.78, 5) is 20.6. The van der Waals surface area contributed by atoms with Gasteiger partial charge >= 0.3 is 0 Å². The van der Waals surface area contributed by atoms with Gasteiger partial charge < -0.3 is 4.55 Å². The predicted octanol–water partition coefficient (Wildman–Crippen LogP) is 2.90. The molecule has 0 heterocycles. The standard InChI is InChI=1S/C13H17BrFN3O5S/c1-13(2,3)24(23)16(8-18(21)22)12(7-17(19)20)9-4-10(14)6-11(15)5-9/h4-6,12H,7-8H2,1-3H3/t12-,24?/m1/s1. The number of halogens is 2. The van der Waals surface area contributed by atoms with Crippen molar-refractivity contribution in [2.75, 3.05) is 13.2 Å². The summed E-state index contributed by atoms with van der Waals surface area (Å²) in [5, 5.41) is 22.0. The lowest BCUT2D eigenvalue weighted by Gasteiger charge is -2.33. The minimum absolute atomic E-state index is 0.137. The van der Waals surface area contributed by atoms with Crippen LogP contribution >= 0.6 is 15.9 Å². The molecule has 0 aliphatic heterocycles. The molecule has 0 N–H and O–H groups in total. The number of hydrogen-bond acceptors (Lipinski definition) is 6. The summed E-state index contributed by atoms with van der Waals surface area (Å²) in [7, 11) is 0. The summed E-state index contributed by atoms with van der Waals surface area (Å²) in [5.74, 6) is -0.657. The molecule has 0 spiro atoms. The Morgan fingerprint density at radius 2 is 1.83 bits per heavy atom. The van der Waals surface area contributed by atoms with E-state index in [9.17, 15) is 29.2 Å². The minimum Gasteiger partial charge on any atom is -0.597 e. The lowest BCUT2D eigenvalue weighted by Crippen LogP contribution is -2.48. The highest BCUT2D eigenvalue weighted by Gasteiger charge is 2.43. The molecule has 0 bridgehead atoms. The first-order chi connectivity index (χ1) is 10.9. The fourth-order valence-corrected chi connectivity index (χ4v) is 3.81. The Kier molecular flexibility index (Phi) is 7.08. The lowest BCUT2D eigenvalue weighted by atomic mass is 10.1. The van der Waals surface area contributed by atoms with E-state index in [4.69, 9.17) is 0 Å². The van der Waals surface area contributed by atoms with E-state index in [1.807, 2.05) is 0 Å². The normalized spacial score (nSPS) is 14.5. The summed E-state index contributed by atoms with van der Waals surface area (Å²) in [6, 6.07) is 2.42. The summed E-state index contributed by atoms with van der Waals surface area (Å²) in [5.41, 5.74) is 0.137. The Labute approximate surface area is 149 Å². The topological polar surface area (TPSA) is 113 Å². The zero-order valence-corrected chi connectivity index (χ0v) is 15.7. The first-order valence-electron chi connectivity index (χ1n) is 6.80. The van der Waals surface area contributed by atoms with Gasteiger partial charge in [-0.2, -0.15) is 0 Å². The maximum absolute atomic E-state index is 13.7. The number of nitrogens with zero attached hydrogens (tertiary/aromatic N) is 3. The molecule has 0 saturated carbocycles. The number of rotatable bonds is 7. The van der Waals surface area contributed by atoms with E-state index in [0.29, 0.717) is 4.47 Å². The highest BCUT2D eigenvalue weighted by atomic mass is 79.9. The molecule has 11 heteroatoms. The van der Waals surface area contributed by atoms with Crippen LogP contribution in [0, 0.1) is 26.0 Å². The molecule has 1 aromatic carbocycles. The molecular formula is C13H17BrFN3O5S. The maximum atomic E-state index is 13.7. The van der Waals surface area contributed by atoms with Crippen molar-refractivity contribution in [3.05, 3.63) is 54.3 Å². The second-order valence-electron chi connectivity index (χ2n) is 5.99. The lowest BCUT2D eigenvalue weighted by molar-refractivity contribution is -0.513. The molecule has 0 aliphatic carbocycles. The van der Waals surface area contributed by atoms with Crippen molar-refractivity contribution in [3.8, 4) is 0 Å². The van der Waals surface area contributed by atoms with Gasteiger partial charge in [-0.15, -0.1) is 0 Å². The fourth-order valence-electron chi connectivity index (χ4n) is 2.00. The molecule has 0 amide bonds. The first-order valence-corrected chi connectivity index (χ1v) is 8.70. The molecule has 0 radical (unpaired) electrons. The Hall–Kier alpha value is -1.30. The zero-order chi connectivity index (χ0) is 18.7. The van der Waals surface area contributed by atoms with Gasteiger partial charge in [0.25, 0.3) is 6.67 Å². The van der Waals surface area contributed by atoms with Gasteiger partial charge in [-0.05, 0) is 48.8 Å². The van der Waals surface area contributed by atoms with Gasteiger partial charge in [0, 0.05) is 14.3 Å². The molecular weight excluding hydrogens is 409 g/mol.